The van der Waals surface area contributed by atoms with Crippen LogP contribution in [0.1, 0.15) is 67.7 Å². The Hall–Kier alpha value is -2.70. The third kappa shape index (κ3) is 3.40. The second-order valence-corrected chi connectivity index (χ2v) is 10.0. The predicted molar refractivity (Wildman–Crippen MR) is 109 cm³/mol. The lowest BCUT2D eigenvalue weighted by atomic mass is 9.65. The van der Waals surface area contributed by atoms with Crippen LogP contribution < -0.4 is 0 Å². The van der Waals surface area contributed by atoms with E-state index in [9.17, 15) is 19.2 Å². The molecule has 3 aliphatic rings. The van der Waals surface area contributed by atoms with Gasteiger partial charge in [0.05, 0.1) is 11.1 Å². The first-order chi connectivity index (χ1) is 14.0. The van der Waals surface area contributed by atoms with Crippen molar-refractivity contribution in [2.45, 2.75) is 59.0 Å². The Morgan fingerprint density at radius 2 is 1.70 bits per heavy atom. The maximum Gasteiger partial charge on any atom is 0.329 e. The molecule has 0 spiro atoms. The molecule has 1 aromatic rings. The summed E-state index contributed by atoms with van der Waals surface area (Å²) in [4.78, 5) is 53.2. The minimum absolute atomic E-state index is 0.0968. The van der Waals surface area contributed by atoms with Gasteiger partial charge in [0.25, 0.3) is 17.7 Å². The van der Waals surface area contributed by atoms with Crippen molar-refractivity contribution in [3.63, 3.8) is 0 Å². The fourth-order valence-corrected chi connectivity index (χ4v) is 5.75. The molecule has 2 fully saturated rings. The number of imide groups is 1. The molecule has 3 atom stereocenters. The van der Waals surface area contributed by atoms with Crippen molar-refractivity contribution in [3.8, 4) is 0 Å². The Kier molecular flexibility index (Phi) is 4.75. The fraction of sp³-hybridized carbons (Fsp3) is 0.565. The molecule has 2 heterocycles. The number of carbonyl (C=O) groups is 4. The standard InChI is InChI=1S/C23H28N2O5/c1-14(25-19(27)16-7-5-6-8-17(16)20(25)28)21(29)30-11-18(26)24-13-23(4)10-15(24)9-22(2,3)12-23/h5-8,14-15H,9-13H2,1-4H3. The van der Waals surface area contributed by atoms with E-state index in [2.05, 4.69) is 20.8 Å². The van der Waals surface area contributed by atoms with Crippen molar-refractivity contribution in [1.29, 1.82) is 0 Å². The largest absolute Gasteiger partial charge is 0.454 e. The van der Waals surface area contributed by atoms with Gasteiger partial charge in [0.15, 0.2) is 6.61 Å². The second-order valence-electron chi connectivity index (χ2n) is 10.0. The summed E-state index contributed by atoms with van der Waals surface area (Å²) in [5.74, 6) is -2.01. The Bertz CT molecular complexity index is 904. The SMILES string of the molecule is CC(C(=O)OCC(=O)N1CC2(C)CC1CC(C)(C)C2)N1C(=O)c2ccccc2C1=O. The quantitative estimate of drug-likeness (QED) is 0.561. The second kappa shape index (κ2) is 6.93. The molecule has 7 heteroatoms. The maximum atomic E-state index is 12.8. The summed E-state index contributed by atoms with van der Waals surface area (Å²) in [6, 6.07) is 5.53. The maximum absolute atomic E-state index is 12.8. The van der Waals surface area contributed by atoms with Crippen LogP contribution in [0.25, 0.3) is 0 Å². The number of hydrogen-bond donors (Lipinski definition) is 0. The minimum Gasteiger partial charge on any atom is -0.454 e. The molecule has 4 rings (SSSR count). The lowest BCUT2D eigenvalue weighted by Gasteiger charge is -2.39. The van der Waals surface area contributed by atoms with E-state index in [1.807, 2.05) is 4.90 Å². The van der Waals surface area contributed by atoms with E-state index >= 15 is 0 Å². The summed E-state index contributed by atoms with van der Waals surface area (Å²) in [5.41, 5.74) is 0.833. The molecular weight excluding hydrogens is 384 g/mol. The highest BCUT2D eigenvalue weighted by molar-refractivity contribution is 6.22. The number of fused-ring (bicyclic) bond motifs is 3. The summed E-state index contributed by atoms with van der Waals surface area (Å²) in [7, 11) is 0. The third-order valence-corrected chi connectivity index (χ3v) is 6.63. The van der Waals surface area contributed by atoms with Crippen molar-refractivity contribution in [1.82, 2.24) is 9.80 Å². The highest BCUT2D eigenvalue weighted by atomic mass is 16.5. The Morgan fingerprint density at radius 1 is 1.10 bits per heavy atom. The van der Waals surface area contributed by atoms with Gasteiger partial charge in [0.2, 0.25) is 0 Å². The molecule has 3 amide bonds. The van der Waals surface area contributed by atoms with Crippen molar-refractivity contribution in [3.05, 3.63) is 35.4 Å². The zero-order valence-corrected chi connectivity index (χ0v) is 17.9. The Balaban J connectivity index is 1.38. The number of likely N-dealkylation sites (tertiary alicyclic amines) is 1. The number of amides is 3. The number of nitrogens with zero attached hydrogens (tertiary/aromatic N) is 2. The van der Waals surface area contributed by atoms with Crippen molar-refractivity contribution < 1.29 is 23.9 Å². The number of esters is 1. The van der Waals surface area contributed by atoms with Crippen LogP contribution in [0.5, 0.6) is 0 Å². The highest BCUT2D eigenvalue weighted by Crippen LogP contribution is 2.52. The van der Waals surface area contributed by atoms with Crippen LogP contribution >= 0.6 is 0 Å². The Morgan fingerprint density at radius 3 is 2.30 bits per heavy atom. The van der Waals surface area contributed by atoms with E-state index in [0.29, 0.717) is 6.54 Å². The summed E-state index contributed by atoms with van der Waals surface area (Å²) in [5, 5.41) is 0. The molecule has 0 N–H and O–H groups in total. The number of ether oxygens (including phenoxy) is 1. The average molecular weight is 412 g/mol. The first-order valence-corrected chi connectivity index (χ1v) is 10.4. The lowest BCUT2D eigenvalue weighted by molar-refractivity contribution is -0.155. The topological polar surface area (TPSA) is 84.0 Å². The molecule has 3 unspecified atom stereocenters. The van der Waals surface area contributed by atoms with Gasteiger partial charge in [-0.15, -0.1) is 0 Å². The van der Waals surface area contributed by atoms with E-state index in [0.717, 1.165) is 24.2 Å². The van der Waals surface area contributed by atoms with Gasteiger partial charge in [0, 0.05) is 12.6 Å². The number of carbonyl (C=O) groups excluding carboxylic acids is 4. The van der Waals surface area contributed by atoms with Crippen LogP contribution in [0, 0.1) is 10.8 Å². The first kappa shape index (κ1) is 20.6. The predicted octanol–water partition coefficient (Wildman–Crippen LogP) is 2.64. The third-order valence-electron chi connectivity index (χ3n) is 6.63. The van der Waals surface area contributed by atoms with Gasteiger partial charge >= 0.3 is 5.97 Å². The summed E-state index contributed by atoms with van der Waals surface area (Å²) in [6.07, 6.45) is 2.98. The monoisotopic (exact) mass is 412 g/mol. The van der Waals surface area contributed by atoms with Crippen molar-refractivity contribution in [2.24, 2.45) is 10.8 Å². The summed E-state index contributed by atoms with van der Waals surface area (Å²) in [6.45, 7) is 8.42. The highest BCUT2D eigenvalue weighted by Gasteiger charge is 2.51. The van der Waals surface area contributed by atoms with Crippen LogP contribution in [0.15, 0.2) is 24.3 Å². The minimum atomic E-state index is -1.10. The van der Waals surface area contributed by atoms with Gasteiger partial charge in [-0.1, -0.05) is 32.9 Å². The molecule has 1 saturated heterocycles. The number of rotatable bonds is 4. The van der Waals surface area contributed by atoms with Crippen LogP contribution in [0.3, 0.4) is 0 Å². The summed E-state index contributed by atoms with van der Waals surface area (Å²) < 4.78 is 5.24. The molecule has 0 aromatic heterocycles. The average Bonchev–Trinajstić information content (AvgIpc) is 3.08. The fourth-order valence-electron chi connectivity index (χ4n) is 5.75. The number of hydrogen-bond acceptors (Lipinski definition) is 5. The van der Waals surface area contributed by atoms with Gasteiger partial charge in [-0.3, -0.25) is 19.3 Å². The van der Waals surface area contributed by atoms with Gasteiger partial charge in [-0.25, -0.2) is 4.79 Å². The van der Waals surface area contributed by atoms with Crippen LogP contribution in [-0.2, 0) is 14.3 Å². The van der Waals surface area contributed by atoms with Gasteiger partial charge in [-0.2, -0.15) is 0 Å². The summed E-state index contributed by atoms with van der Waals surface area (Å²) >= 11 is 0. The van der Waals surface area contributed by atoms with Crippen molar-refractivity contribution >= 4 is 23.7 Å². The molecule has 0 radical (unpaired) electrons. The van der Waals surface area contributed by atoms with E-state index in [1.165, 1.54) is 6.92 Å². The molecular formula is C23H28N2O5. The zero-order valence-electron chi connectivity index (χ0n) is 17.9. The van der Waals surface area contributed by atoms with Crippen molar-refractivity contribution in [2.75, 3.05) is 13.2 Å². The van der Waals surface area contributed by atoms with Crippen LogP contribution in [0.2, 0.25) is 0 Å². The van der Waals surface area contributed by atoms with Crippen LogP contribution in [0.4, 0.5) is 0 Å². The van der Waals surface area contributed by atoms with E-state index < -0.39 is 23.8 Å². The molecule has 1 aromatic carbocycles. The normalized spacial score (nSPS) is 27.8. The smallest absolute Gasteiger partial charge is 0.329 e. The molecule has 1 saturated carbocycles. The molecule has 2 bridgehead atoms. The van der Waals surface area contributed by atoms with Crippen LogP contribution in [-0.4, -0.2) is 58.7 Å². The molecule has 2 aliphatic heterocycles. The van der Waals surface area contributed by atoms with Gasteiger partial charge < -0.3 is 9.64 Å². The molecule has 7 nitrogen and oxygen atoms in total. The molecule has 1 aliphatic carbocycles. The Labute approximate surface area is 176 Å². The van der Waals surface area contributed by atoms with Gasteiger partial charge in [-0.05, 0) is 49.1 Å². The molecule has 30 heavy (non-hydrogen) atoms. The number of benzene rings is 1. The van der Waals surface area contributed by atoms with Gasteiger partial charge in [0.1, 0.15) is 6.04 Å². The van der Waals surface area contributed by atoms with E-state index in [1.54, 1.807) is 24.3 Å². The van der Waals surface area contributed by atoms with E-state index in [-0.39, 0.29) is 40.5 Å². The zero-order chi connectivity index (χ0) is 21.8. The lowest BCUT2D eigenvalue weighted by Crippen LogP contribution is -2.45. The first-order valence-electron chi connectivity index (χ1n) is 10.4. The molecule has 160 valence electrons. The van der Waals surface area contributed by atoms with E-state index in [4.69, 9.17) is 4.74 Å².